The van der Waals surface area contributed by atoms with Crippen molar-refractivity contribution >= 4 is 21.5 Å². The van der Waals surface area contributed by atoms with Gasteiger partial charge in [-0.15, -0.1) is 0 Å². The molecule has 0 bridgehead atoms. The van der Waals surface area contributed by atoms with Crippen molar-refractivity contribution in [1.29, 1.82) is 0 Å². The molecule has 0 saturated carbocycles. The van der Waals surface area contributed by atoms with Crippen LogP contribution >= 0.6 is 0 Å². The minimum absolute atomic E-state index is 0.0121. The molecular weight excluding hydrogens is 577 g/mol. The predicted molar refractivity (Wildman–Crippen MR) is 206 cm³/mol. The fourth-order valence-electron chi connectivity index (χ4n) is 9.98. The second kappa shape index (κ2) is 10.8. The minimum Gasteiger partial charge on any atom is -0.0642 e. The van der Waals surface area contributed by atoms with Gasteiger partial charge in [-0.05, 0) is 132 Å². The fraction of sp³-hybridized carbons (Fsp3) is 0.208. The average molecular weight is 619 g/mol. The molecule has 0 heterocycles. The zero-order chi connectivity index (χ0) is 32.6. The lowest BCUT2D eigenvalue weighted by Gasteiger charge is -2.31. The Kier molecular flexibility index (Phi) is 6.57. The second-order valence-electron chi connectivity index (χ2n) is 14.0. The van der Waals surface area contributed by atoms with E-state index in [1.165, 1.54) is 88.3 Å². The summed E-state index contributed by atoms with van der Waals surface area (Å²) >= 11 is 0. The summed E-state index contributed by atoms with van der Waals surface area (Å²) in [4.78, 5) is 0. The van der Waals surface area contributed by atoms with Crippen LogP contribution in [-0.4, -0.2) is 0 Å². The van der Waals surface area contributed by atoms with Crippen LogP contribution in [-0.2, 0) is 10.8 Å². The van der Waals surface area contributed by atoms with Gasteiger partial charge >= 0.3 is 0 Å². The van der Waals surface area contributed by atoms with Crippen molar-refractivity contribution in [2.24, 2.45) is 0 Å². The van der Waals surface area contributed by atoms with E-state index >= 15 is 0 Å². The molecule has 2 aliphatic rings. The van der Waals surface area contributed by atoms with E-state index in [9.17, 15) is 0 Å². The summed E-state index contributed by atoms with van der Waals surface area (Å²) in [5.74, 6) is 0. The molecule has 0 amide bonds. The lowest BCUT2D eigenvalue weighted by Crippen LogP contribution is -2.24. The summed E-state index contributed by atoms with van der Waals surface area (Å²) in [6, 6.07) is 50.9. The Balaban J connectivity index is 1.34. The Morgan fingerprint density at radius 3 is 1.29 bits per heavy atom. The summed E-state index contributed by atoms with van der Waals surface area (Å²) in [7, 11) is 0. The summed E-state index contributed by atoms with van der Waals surface area (Å²) in [6.45, 7) is 9.55. The van der Waals surface area contributed by atoms with Gasteiger partial charge in [0.15, 0.2) is 0 Å². The summed E-state index contributed by atoms with van der Waals surface area (Å²) < 4.78 is 0. The van der Waals surface area contributed by atoms with Crippen LogP contribution in [0.3, 0.4) is 0 Å². The number of fused-ring (bicyclic) bond motifs is 8. The first-order valence-corrected chi connectivity index (χ1v) is 18.0. The van der Waals surface area contributed by atoms with Gasteiger partial charge in [0, 0.05) is 10.8 Å². The summed E-state index contributed by atoms with van der Waals surface area (Å²) in [5, 5.41) is 5.23. The molecule has 2 aliphatic carbocycles. The van der Waals surface area contributed by atoms with Crippen molar-refractivity contribution < 1.29 is 0 Å². The molecular formula is C48H42. The van der Waals surface area contributed by atoms with E-state index in [-0.39, 0.29) is 10.8 Å². The highest BCUT2D eigenvalue weighted by molar-refractivity contribution is 6.21. The van der Waals surface area contributed by atoms with Crippen molar-refractivity contribution in [3.8, 4) is 44.5 Å². The summed E-state index contributed by atoms with van der Waals surface area (Å²) in [6.07, 6.45) is 4.40. The number of benzene rings is 7. The number of hydrogen-bond acceptors (Lipinski definition) is 0. The van der Waals surface area contributed by atoms with Crippen LogP contribution in [0, 0.1) is 0 Å². The lowest BCUT2D eigenvalue weighted by molar-refractivity contribution is 0.485. The van der Waals surface area contributed by atoms with Gasteiger partial charge in [-0.3, -0.25) is 0 Å². The molecule has 0 aliphatic heterocycles. The maximum atomic E-state index is 2.63. The van der Waals surface area contributed by atoms with E-state index in [0.717, 1.165) is 25.7 Å². The first-order chi connectivity index (χ1) is 23.6. The van der Waals surface area contributed by atoms with E-state index in [4.69, 9.17) is 0 Å². The Hall–Kier alpha value is -4.94. The first-order valence-electron chi connectivity index (χ1n) is 18.0. The van der Waals surface area contributed by atoms with Crippen LogP contribution in [0.25, 0.3) is 66.1 Å². The molecule has 9 rings (SSSR count). The highest BCUT2D eigenvalue weighted by Gasteiger charge is 2.46. The van der Waals surface area contributed by atoms with E-state index in [1.807, 2.05) is 0 Å². The van der Waals surface area contributed by atoms with Gasteiger partial charge in [0.25, 0.3) is 0 Å². The largest absolute Gasteiger partial charge is 0.0642 e. The predicted octanol–water partition coefficient (Wildman–Crippen LogP) is 13.5. The highest BCUT2D eigenvalue weighted by atomic mass is 14.5. The smallest absolute Gasteiger partial charge is 0.0210 e. The molecule has 0 heteroatoms. The topological polar surface area (TPSA) is 0 Å². The molecule has 0 unspecified atom stereocenters. The Morgan fingerprint density at radius 2 is 0.750 bits per heavy atom. The SMILES string of the molecule is CCC1(CC)c2ccccc2-c2cc3c(cc21)-c1cc(-c2c4ccccc4c(-c4ccccc4)c4ccccc24)ccc1C3(CC)CC. The molecule has 7 aromatic carbocycles. The van der Waals surface area contributed by atoms with E-state index in [0.29, 0.717) is 0 Å². The zero-order valence-corrected chi connectivity index (χ0v) is 28.5. The maximum Gasteiger partial charge on any atom is 0.0210 e. The number of rotatable bonds is 6. The zero-order valence-electron chi connectivity index (χ0n) is 28.5. The van der Waals surface area contributed by atoms with E-state index < -0.39 is 0 Å². The number of hydrogen-bond donors (Lipinski definition) is 0. The molecule has 0 saturated heterocycles. The highest BCUT2D eigenvalue weighted by Crippen LogP contribution is 2.60. The molecule has 234 valence electrons. The molecule has 0 radical (unpaired) electrons. The van der Waals surface area contributed by atoms with Crippen LogP contribution < -0.4 is 0 Å². The van der Waals surface area contributed by atoms with Crippen LogP contribution in [0.15, 0.2) is 133 Å². The standard InChI is InChI=1S/C48H42/c1-5-47(6-2)41-25-17-16-20-33(41)39-29-44-40(30-43(39)47)38-28-32(26-27-42(38)48(44,7-3)8-4)46-36-23-14-12-21-34(36)45(31-18-10-9-11-19-31)35-22-13-15-24-37(35)46/h9-30H,5-8H2,1-4H3. The molecule has 0 nitrogen and oxygen atoms in total. The van der Waals surface area contributed by atoms with Gasteiger partial charge in [0.05, 0.1) is 0 Å². The van der Waals surface area contributed by atoms with Gasteiger partial charge in [-0.2, -0.15) is 0 Å². The fourth-order valence-corrected chi connectivity index (χ4v) is 9.98. The lowest BCUT2D eigenvalue weighted by atomic mass is 9.71. The van der Waals surface area contributed by atoms with Gasteiger partial charge < -0.3 is 0 Å². The Morgan fingerprint density at radius 1 is 0.333 bits per heavy atom. The third kappa shape index (κ3) is 3.72. The van der Waals surface area contributed by atoms with Crippen LogP contribution in [0.2, 0.25) is 0 Å². The Bertz CT molecular complexity index is 2320. The summed E-state index contributed by atoms with van der Waals surface area (Å²) in [5.41, 5.74) is 17.1. The van der Waals surface area contributed by atoms with Crippen molar-refractivity contribution in [3.63, 3.8) is 0 Å². The quantitative estimate of drug-likeness (QED) is 0.163. The van der Waals surface area contributed by atoms with Gasteiger partial charge in [-0.1, -0.05) is 143 Å². The third-order valence-corrected chi connectivity index (χ3v) is 12.4. The van der Waals surface area contributed by atoms with Gasteiger partial charge in [0.2, 0.25) is 0 Å². The Labute approximate surface area is 285 Å². The van der Waals surface area contributed by atoms with Crippen molar-refractivity contribution in [2.45, 2.75) is 64.2 Å². The minimum atomic E-state index is 0.0121. The normalized spacial score (nSPS) is 14.9. The second-order valence-corrected chi connectivity index (χ2v) is 14.0. The van der Waals surface area contributed by atoms with Crippen LogP contribution in [0.1, 0.15) is 75.6 Å². The molecule has 0 fully saturated rings. The van der Waals surface area contributed by atoms with Gasteiger partial charge in [0.1, 0.15) is 0 Å². The molecule has 0 aromatic heterocycles. The molecule has 0 atom stereocenters. The molecule has 0 spiro atoms. The van der Waals surface area contributed by atoms with Crippen molar-refractivity contribution in [2.75, 3.05) is 0 Å². The van der Waals surface area contributed by atoms with E-state index in [2.05, 4.69) is 161 Å². The average Bonchev–Trinajstić information content (AvgIpc) is 3.59. The van der Waals surface area contributed by atoms with Crippen molar-refractivity contribution in [1.82, 2.24) is 0 Å². The third-order valence-electron chi connectivity index (χ3n) is 12.4. The van der Waals surface area contributed by atoms with E-state index in [1.54, 1.807) is 0 Å². The van der Waals surface area contributed by atoms with Crippen molar-refractivity contribution in [3.05, 3.63) is 156 Å². The maximum absolute atomic E-state index is 2.63. The monoisotopic (exact) mass is 618 g/mol. The van der Waals surface area contributed by atoms with Crippen LogP contribution in [0.5, 0.6) is 0 Å². The molecule has 0 N–H and O–H groups in total. The van der Waals surface area contributed by atoms with Gasteiger partial charge in [-0.25, -0.2) is 0 Å². The molecule has 7 aromatic rings. The first kappa shape index (κ1) is 29.2. The molecule has 48 heavy (non-hydrogen) atoms. The van der Waals surface area contributed by atoms with Crippen LogP contribution in [0.4, 0.5) is 0 Å².